The third kappa shape index (κ3) is 2.49. The smallest absolute Gasteiger partial charge is 0.248 e. The fraction of sp³-hybridized carbons (Fsp3) is 0. The molecule has 0 bridgehead atoms. The molecule has 1 heterocycles. The molecule has 0 unspecified atom stereocenters. The zero-order valence-electron chi connectivity index (χ0n) is 9.13. The van der Waals surface area contributed by atoms with E-state index in [2.05, 4.69) is 9.97 Å². The van der Waals surface area contributed by atoms with E-state index in [9.17, 15) is 4.79 Å². The van der Waals surface area contributed by atoms with Crippen LogP contribution in [0.2, 0.25) is 5.02 Å². The molecule has 7 heteroatoms. The molecule has 0 aliphatic carbocycles. The van der Waals surface area contributed by atoms with E-state index in [-0.39, 0.29) is 16.7 Å². The Balaban J connectivity index is 2.24. The van der Waals surface area contributed by atoms with Crippen molar-refractivity contribution in [3.8, 4) is 11.6 Å². The second kappa shape index (κ2) is 4.89. The number of hydrogen-bond donors (Lipinski definition) is 2. The van der Waals surface area contributed by atoms with Gasteiger partial charge in [-0.2, -0.15) is 4.98 Å². The molecule has 2 rings (SSSR count). The van der Waals surface area contributed by atoms with Gasteiger partial charge in [-0.25, -0.2) is 4.98 Å². The van der Waals surface area contributed by atoms with E-state index in [0.29, 0.717) is 11.3 Å². The molecule has 0 saturated heterocycles. The van der Waals surface area contributed by atoms with Crippen LogP contribution in [0, 0.1) is 0 Å². The summed E-state index contributed by atoms with van der Waals surface area (Å²) in [7, 11) is 0. The number of nitrogens with two attached hydrogens (primary N) is 2. The van der Waals surface area contributed by atoms with Gasteiger partial charge >= 0.3 is 0 Å². The number of anilines is 1. The van der Waals surface area contributed by atoms with Crippen molar-refractivity contribution in [3.05, 3.63) is 41.2 Å². The lowest BCUT2D eigenvalue weighted by Crippen LogP contribution is -2.10. The Morgan fingerprint density at radius 1 is 1.22 bits per heavy atom. The maximum absolute atomic E-state index is 10.9. The van der Waals surface area contributed by atoms with Crippen molar-refractivity contribution in [2.75, 3.05) is 5.73 Å². The summed E-state index contributed by atoms with van der Waals surface area (Å²) in [6.07, 6.45) is 1.24. The van der Waals surface area contributed by atoms with Gasteiger partial charge in [0.25, 0.3) is 0 Å². The Morgan fingerprint density at radius 3 is 2.50 bits per heavy atom. The van der Waals surface area contributed by atoms with Crippen LogP contribution in [0.4, 0.5) is 5.82 Å². The molecule has 1 aromatic heterocycles. The lowest BCUT2D eigenvalue weighted by molar-refractivity contribution is 0.100. The van der Waals surface area contributed by atoms with Crippen molar-refractivity contribution in [1.82, 2.24) is 9.97 Å². The highest BCUT2D eigenvalue weighted by Crippen LogP contribution is 2.29. The summed E-state index contributed by atoms with van der Waals surface area (Å²) in [5, 5.41) is 0.136. The van der Waals surface area contributed by atoms with Crippen LogP contribution >= 0.6 is 11.6 Å². The first-order valence-electron chi connectivity index (χ1n) is 4.91. The molecule has 92 valence electrons. The van der Waals surface area contributed by atoms with Crippen molar-refractivity contribution in [1.29, 1.82) is 0 Å². The Kier molecular flexibility index (Phi) is 3.29. The molecular formula is C11H9ClN4O2. The second-order valence-electron chi connectivity index (χ2n) is 3.37. The monoisotopic (exact) mass is 264 g/mol. The van der Waals surface area contributed by atoms with E-state index < -0.39 is 5.91 Å². The van der Waals surface area contributed by atoms with Crippen LogP contribution in [-0.4, -0.2) is 15.9 Å². The number of halogens is 1. The standard InChI is InChI=1S/C11H9ClN4O2/c12-8-9(13)15-5-16-11(8)18-7-3-1-6(2-4-7)10(14)17/h1-5H,(H2,14,17)(H2,13,15,16). The van der Waals surface area contributed by atoms with Crippen LogP contribution in [0.3, 0.4) is 0 Å². The summed E-state index contributed by atoms with van der Waals surface area (Å²) < 4.78 is 5.41. The predicted molar refractivity (Wildman–Crippen MR) is 66.5 cm³/mol. The molecule has 0 fully saturated rings. The zero-order valence-corrected chi connectivity index (χ0v) is 9.89. The van der Waals surface area contributed by atoms with Crippen LogP contribution in [0.25, 0.3) is 0 Å². The highest BCUT2D eigenvalue weighted by Gasteiger charge is 2.09. The Hall–Kier alpha value is -2.34. The van der Waals surface area contributed by atoms with E-state index in [4.69, 9.17) is 27.8 Å². The van der Waals surface area contributed by atoms with Gasteiger partial charge in [0, 0.05) is 5.56 Å². The third-order valence-electron chi connectivity index (χ3n) is 2.14. The summed E-state index contributed by atoms with van der Waals surface area (Å²) >= 11 is 5.88. The third-order valence-corrected chi connectivity index (χ3v) is 2.49. The quantitative estimate of drug-likeness (QED) is 0.876. The normalized spacial score (nSPS) is 10.1. The van der Waals surface area contributed by atoms with Gasteiger partial charge in [0.2, 0.25) is 11.8 Å². The lowest BCUT2D eigenvalue weighted by Gasteiger charge is -2.07. The number of primary amides is 1. The fourth-order valence-corrected chi connectivity index (χ4v) is 1.37. The zero-order chi connectivity index (χ0) is 13.1. The topological polar surface area (TPSA) is 104 Å². The number of ether oxygens (including phenoxy) is 1. The minimum atomic E-state index is -0.508. The maximum atomic E-state index is 10.9. The second-order valence-corrected chi connectivity index (χ2v) is 3.75. The van der Waals surface area contributed by atoms with Crippen molar-refractivity contribution >= 4 is 23.3 Å². The fourth-order valence-electron chi connectivity index (χ4n) is 1.24. The molecule has 0 atom stereocenters. The molecular weight excluding hydrogens is 256 g/mol. The maximum Gasteiger partial charge on any atom is 0.248 e. The van der Waals surface area contributed by atoms with E-state index in [1.54, 1.807) is 12.1 Å². The largest absolute Gasteiger partial charge is 0.437 e. The molecule has 0 saturated carbocycles. The highest BCUT2D eigenvalue weighted by atomic mass is 35.5. The first-order valence-corrected chi connectivity index (χ1v) is 5.29. The van der Waals surface area contributed by atoms with Crippen LogP contribution in [-0.2, 0) is 0 Å². The van der Waals surface area contributed by atoms with Gasteiger partial charge in [-0.05, 0) is 24.3 Å². The number of carbonyl (C=O) groups is 1. The molecule has 0 radical (unpaired) electrons. The van der Waals surface area contributed by atoms with Crippen molar-refractivity contribution in [2.24, 2.45) is 5.73 Å². The van der Waals surface area contributed by atoms with E-state index in [0.717, 1.165) is 0 Å². The van der Waals surface area contributed by atoms with Crippen molar-refractivity contribution in [2.45, 2.75) is 0 Å². The summed E-state index contributed by atoms with van der Waals surface area (Å²) in [5.74, 6) is 0.234. The minimum absolute atomic E-state index is 0.135. The average Bonchev–Trinajstić information content (AvgIpc) is 2.36. The van der Waals surface area contributed by atoms with Crippen molar-refractivity contribution in [3.63, 3.8) is 0 Å². The Labute approximate surface area is 108 Å². The minimum Gasteiger partial charge on any atom is -0.437 e. The average molecular weight is 265 g/mol. The number of nitrogens with zero attached hydrogens (tertiary/aromatic N) is 2. The first kappa shape index (κ1) is 12.1. The molecule has 4 N–H and O–H groups in total. The van der Waals surface area contributed by atoms with Crippen LogP contribution in [0.5, 0.6) is 11.6 Å². The van der Waals surface area contributed by atoms with Gasteiger partial charge in [-0.1, -0.05) is 11.6 Å². The van der Waals surface area contributed by atoms with Gasteiger partial charge < -0.3 is 16.2 Å². The molecule has 0 spiro atoms. The van der Waals surface area contributed by atoms with Gasteiger partial charge in [0.15, 0.2) is 0 Å². The number of carbonyl (C=O) groups excluding carboxylic acids is 1. The van der Waals surface area contributed by atoms with Gasteiger partial charge in [-0.3, -0.25) is 4.79 Å². The summed E-state index contributed by atoms with van der Waals surface area (Å²) in [6.45, 7) is 0. The lowest BCUT2D eigenvalue weighted by atomic mass is 10.2. The van der Waals surface area contributed by atoms with Crippen LogP contribution < -0.4 is 16.2 Å². The van der Waals surface area contributed by atoms with E-state index in [1.807, 2.05) is 0 Å². The summed E-state index contributed by atoms with van der Waals surface area (Å²) in [5.41, 5.74) is 11.0. The number of amides is 1. The van der Waals surface area contributed by atoms with Gasteiger partial charge in [-0.15, -0.1) is 0 Å². The molecule has 1 amide bonds. The molecule has 0 aliphatic heterocycles. The Morgan fingerprint density at radius 2 is 1.89 bits per heavy atom. The van der Waals surface area contributed by atoms with Gasteiger partial charge in [0.1, 0.15) is 22.9 Å². The highest BCUT2D eigenvalue weighted by molar-refractivity contribution is 6.34. The summed E-state index contributed by atoms with van der Waals surface area (Å²) in [4.78, 5) is 18.5. The molecule has 0 aliphatic rings. The van der Waals surface area contributed by atoms with Crippen LogP contribution in [0.1, 0.15) is 10.4 Å². The summed E-state index contributed by atoms with van der Waals surface area (Å²) in [6, 6.07) is 6.23. The van der Waals surface area contributed by atoms with E-state index in [1.165, 1.54) is 18.5 Å². The first-order chi connectivity index (χ1) is 8.58. The molecule has 18 heavy (non-hydrogen) atoms. The SMILES string of the molecule is NC(=O)c1ccc(Oc2ncnc(N)c2Cl)cc1. The van der Waals surface area contributed by atoms with Gasteiger partial charge in [0.05, 0.1) is 0 Å². The molecule has 1 aromatic carbocycles. The number of benzene rings is 1. The van der Waals surface area contributed by atoms with Crippen LogP contribution in [0.15, 0.2) is 30.6 Å². The number of aromatic nitrogens is 2. The number of nitrogen functional groups attached to an aromatic ring is 1. The molecule has 2 aromatic rings. The Bertz CT molecular complexity index is 586. The molecule has 6 nitrogen and oxygen atoms in total. The van der Waals surface area contributed by atoms with E-state index >= 15 is 0 Å². The van der Waals surface area contributed by atoms with Crippen molar-refractivity contribution < 1.29 is 9.53 Å². The number of hydrogen-bond acceptors (Lipinski definition) is 5. The predicted octanol–water partition coefficient (Wildman–Crippen LogP) is 1.60. The number of rotatable bonds is 3.